The second-order valence-electron chi connectivity index (χ2n) is 10.8. The van der Waals surface area contributed by atoms with Crippen LogP contribution < -0.4 is 27.4 Å². The monoisotopic (exact) mass is 602 g/mol. The lowest BCUT2D eigenvalue weighted by atomic mass is 10.1. The van der Waals surface area contributed by atoms with Crippen molar-refractivity contribution in [3.8, 4) is 0 Å². The molecule has 2 rings (SSSR count). The van der Waals surface area contributed by atoms with Gasteiger partial charge in [0.15, 0.2) is 0 Å². The molecule has 0 aliphatic rings. The van der Waals surface area contributed by atoms with Crippen LogP contribution in [0.1, 0.15) is 56.6 Å². The van der Waals surface area contributed by atoms with E-state index in [1.165, 1.54) is 4.31 Å². The highest BCUT2D eigenvalue weighted by molar-refractivity contribution is 7.88. The molecule has 42 heavy (non-hydrogen) atoms. The van der Waals surface area contributed by atoms with Crippen LogP contribution in [0.25, 0.3) is 0 Å². The first-order chi connectivity index (χ1) is 20.2. The Hall–Kier alpha value is -2.83. The lowest BCUT2D eigenvalue weighted by Gasteiger charge is -2.29. The molecular formula is C31H50N6O4S. The number of amides is 2. The topological polar surface area (TPSA) is 160 Å². The van der Waals surface area contributed by atoms with Crippen molar-refractivity contribution in [2.45, 2.75) is 75.7 Å². The minimum atomic E-state index is -3.90. The van der Waals surface area contributed by atoms with E-state index in [1.807, 2.05) is 43.3 Å². The third kappa shape index (κ3) is 13.4. The molecule has 0 aromatic heterocycles. The van der Waals surface area contributed by atoms with Crippen molar-refractivity contribution in [3.63, 3.8) is 0 Å². The van der Waals surface area contributed by atoms with Crippen LogP contribution in [-0.4, -0.2) is 75.9 Å². The summed E-state index contributed by atoms with van der Waals surface area (Å²) in [7, 11) is -2.17. The summed E-state index contributed by atoms with van der Waals surface area (Å²) in [5, 5.41) is 9.06. The van der Waals surface area contributed by atoms with Gasteiger partial charge in [-0.2, -0.15) is 4.31 Å². The molecule has 0 saturated heterocycles. The average molecular weight is 603 g/mol. The molecular weight excluding hydrogens is 552 g/mol. The van der Waals surface area contributed by atoms with Crippen LogP contribution in [-0.2, 0) is 31.8 Å². The Morgan fingerprint density at radius 2 is 1.40 bits per heavy atom. The van der Waals surface area contributed by atoms with Gasteiger partial charge in [0.05, 0.1) is 18.3 Å². The zero-order chi connectivity index (χ0) is 30.8. The van der Waals surface area contributed by atoms with Crippen molar-refractivity contribution in [1.82, 2.24) is 20.3 Å². The predicted molar refractivity (Wildman–Crippen MR) is 169 cm³/mol. The van der Waals surface area contributed by atoms with Gasteiger partial charge in [-0.1, -0.05) is 73.5 Å². The van der Waals surface area contributed by atoms with Crippen LogP contribution in [0, 0.1) is 0 Å². The van der Waals surface area contributed by atoms with Gasteiger partial charge in [0.2, 0.25) is 21.8 Å². The van der Waals surface area contributed by atoms with Crippen molar-refractivity contribution in [2.24, 2.45) is 11.5 Å². The van der Waals surface area contributed by atoms with Gasteiger partial charge in [0, 0.05) is 18.6 Å². The molecule has 10 nitrogen and oxygen atoms in total. The summed E-state index contributed by atoms with van der Waals surface area (Å²) < 4.78 is 28.6. The summed E-state index contributed by atoms with van der Waals surface area (Å²) in [5.74, 6) is -0.840. The molecule has 3 atom stereocenters. The Morgan fingerprint density at radius 3 is 1.98 bits per heavy atom. The quantitative estimate of drug-likeness (QED) is 0.136. The Labute approximate surface area is 252 Å². The second-order valence-corrected chi connectivity index (χ2v) is 12.8. The molecule has 2 amide bonds. The smallest absolute Gasteiger partial charge is 0.237 e. The molecule has 7 N–H and O–H groups in total. The molecule has 0 aliphatic carbocycles. The zero-order valence-corrected chi connectivity index (χ0v) is 26.0. The summed E-state index contributed by atoms with van der Waals surface area (Å²) in [4.78, 5) is 26.4. The Bertz CT molecular complexity index is 1150. The van der Waals surface area contributed by atoms with Gasteiger partial charge >= 0.3 is 0 Å². The molecule has 0 unspecified atom stereocenters. The largest absolute Gasteiger partial charge is 0.352 e. The number of nitrogens with one attached hydrogen (secondary N) is 3. The van der Waals surface area contributed by atoms with Crippen molar-refractivity contribution in [3.05, 3.63) is 71.8 Å². The molecule has 0 bridgehead atoms. The summed E-state index contributed by atoms with van der Waals surface area (Å²) in [6.07, 6.45) is 4.84. The number of rotatable bonds is 21. The molecule has 0 fully saturated rings. The Kier molecular flexibility index (Phi) is 16.3. The van der Waals surface area contributed by atoms with Crippen LogP contribution in [0.2, 0.25) is 0 Å². The van der Waals surface area contributed by atoms with Gasteiger partial charge in [-0.05, 0) is 70.3 Å². The Morgan fingerprint density at radius 1 is 0.833 bits per heavy atom. The molecule has 234 valence electrons. The normalized spacial score (nSPS) is 13.8. The van der Waals surface area contributed by atoms with E-state index in [4.69, 9.17) is 11.5 Å². The molecule has 2 aromatic carbocycles. The number of sulfonamides is 1. The number of likely N-dealkylation sites (N-methyl/N-ethyl adjacent to an activating group) is 1. The first-order valence-electron chi connectivity index (χ1n) is 14.9. The van der Waals surface area contributed by atoms with Crippen LogP contribution in [0.5, 0.6) is 0 Å². The maximum Gasteiger partial charge on any atom is 0.237 e. The summed E-state index contributed by atoms with van der Waals surface area (Å²) >= 11 is 0. The lowest BCUT2D eigenvalue weighted by molar-refractivity contribution is -0.124. The fraction of sp³-hybridized carbons (Fsp3) is 0.548. The van der Waals surface area contributed by atoms with E-state index in [0.29, 0.717) is 44.3 Å². The SMILES string of the molecule is CN[C@@H](CCCCN)C(=O)N[C@@H](CCCCN)CN(CC(=O)N[C@H](C)Cc1ccccc1)S(=O)(=O)Cc1ccccc1. The van der Waals surface area contributed by atoms with E-state index in [-0.39, 0.29) is 30.8 Å². The highest BCUT2D eigenvalue weighted by Crippen LogP contribution is 2.14. The van der Waals surface area contributed by atoms with E-state index < -0.39 is 28.0 Å². The van der Waals surface area contributed by atoms with Crippen molar-refractivity contribution >= 4 is 21.8 Å². The number of carbonyl (C=O) groups excluding carboxylic acids is 2. The second kappa shape index (κ2) is 19.4. The van der Waals surface area contributed by atoms with E-state index in [0.717, 1.165) is 24.8 Å². The van der Waals surface area contributed by atoms with Gasteiger partial charge in [0.25, 0.3) is 0 Å². The van der Waals surface area contributed by atoms with Crippen LogP contribution >= 0.6 is 0 Å². The van der Waals surface area contributed by atoms with Gasteiger partial charge in [-0.25, -0.2) is 8.42 Å². The van der Waals surface area contributed by atoms with E-state index in [1.54, 1.807) is 31.3 Å². The number of nitrogens with zero attached hydrogens (tertiary/aromatic N) is 1. The number of carbonyl (C=O) groups is 2. The first-order valence-corrected chi connectivity index (χ1v) is 16.5. The van der Waals surface area contributed by atoms with Gasteiger partial charge < -0.3 is 27.4 Å². The molecule has 0 heterocycles. The molecule has 0 aliphatic heterocycles. The van der Waals surface area contributed by atoms with E-state index in [9.17, 15) is 18.0 Å². The van der Waals surface area contributed by atoms with Gasteiger partial charge in [-0.15, -0.1) is 0 Å². The minimum Gasteiger partial charge on any atom is -0.352 e. The van der Waals surface area contributed by atoms with Gasteiger partial charge in [-0.3, -0.25) is 9.59 Å². The fourth-order valence-corrected chi connectivity index (χ4v) is 6.36. The summed E-state index contributed by atoms with van der Waals surface area (Å²) in [5.41, 5.74) is 13.0. The van der Waals surface area contributed by atoms with Crippen molar-refractivity contribution in [2.75, 3.05) is 33.2 Å². The minimum absolute atomic E-state index is 0.0226. The molecule has 0 radical (unpaired) electrons. The number of hydrogen-bond acceptors (Lipinski definition) is 7. The lowest BCUT2D eigenvalue weighted by Crippen LogP contribution is -2.53. The Balaban J connectivity index is 2.22. The van der Waals surface area contributed by atoms with E-state index >= 15 is 0 Å². The first kappa shape index (κ1) is 35.4. The van der Waals surface area contributed by atoms with E-state index in [2.05, 4.69) is 16.0 Å². The average Bonchev–Trinajstić information content (AvgIpc) is 2.95. The maximum atomic E-state index is 13.7. The predicted octanol–water partition coefficient (Wildman–Crippen LogP) is 1.90. The standard InChI is InChI=1S/C31H50N6O4S/c1-25(21-26-13-5-3-6-14-26)35-30(38)23-37(42(40,41)24-27-15-7-4-8-16-27)22-28(17-9-11-19-32)36-31(39)29(34-2)18-10-12-20-33/h3-8,13-16,25,28-29,34H,9-12,17-24,32-33H2,1-2H3,(H,35,38)(H,36,39)/t25-,28+,29+/m1/s1. The van der Waals surface area contributed by atoms with Crippen LogP contribution in [0.15, 0.2) is 60.7 Å². The highest BCUT2D eigenvalue weighted by Gasteiger charge is 2.30. The van der Waals surface area contributed by atoms with Crippen LogP contribution in [0.3, 0.4) is 0 Å². The van der Waals surface area contributed by atoms with Crippen molar-refractivity contribution in [1.29, 1.82) is 0 Å². The molecule has 2 aromatic rings. The summed E-state index contributed by atoms with van der Waals surface area (Å²) in [6.45, 7) is 2.58. The third-order valence-corrected chi connectivity index (χ3v) is 8.85. The number of nitrogens with two attached hydrogens (primary N) is 2. The number of unbranched alkanes of at least 4 members (excludes halogenated alkanes) is 2. The maximum absolute atomic E-state index is 13.7. The molecule has 0 spiro atoms. The zero-order valence-electron chi connectivity index (χ0n) is 25.1. The molecule has 0 saturated carbocycles. The number of benzene rings is 2. The summed E-state index contributed by atoms with van der Waals surface area (Å²) in [6, 6.07) is 17.6. The van der Waals surface area contributed by atoms with Crippen molar-refractivity contribution < 1.29 is 18.0 Å². The molecule has 11 heteroatoms. The highest BCUT2D eigenvalue weighted by atomic mass is 32.2. The number of hydrogen-bond donors (Lipinski definition) is 5. The third-order valence-electron chi connectivity index (χ3n) is 7.09. The van der Waals surface area contributed by atoms with Crippen LogP contribution in [0.4, 0.5) is 0 Å². The van der Waals surface area contributed by atoms with Gasteiger partial charge in [0.1, 0.15) is 0 Å². The fourth-order valence-electron chi connectivity index (χ4n) is 4.84.